The second-order valence-corrected chi connectivity index (χ2v) is 13.0. The summed E-state index contributed by atoms with van der Waals surface area (Å²) in [6, 6.07) is -0.346. The van der Waals surface area contributed by atoms with Crippen LogP contribution >= 0.6 is 0 Å². The van der Waals surface area contributed by atoms with Crippen LogP contribution < -0.4 is 0 Å². The molecule has 0 aliphatic carbocycles. The molecule has 3 rings (SSSR count). The summed E-state index contributed by atoms with van der Waals surface area (Å²) in [6.07, 6.45) is 0.0135. The molecule has 3 heterocycles. The molecule has 2 fully saturated rings. The quantitative estimate of drug-likeness (QED) is 0.379. The number of hydrogen-bond donors (Lipinski definition) is 0. The van der Waals surface area contributed by atoms with Gasteiger partial charge in [0.05, 0.1) is 18.2 Å². The lowest BCUT2D eigenvalue weighted by Crippen LogP contribution is -2.58. The van der Waals surface area contributed by atoms with E-state index in [4.69, 9.17) is 19.2 Å². The first-order chi connectivity index (χ1) is 17.0. The molecule has 0 aromatic carbocycles. The zero-order chi connectivity index (χ0) is 28.1. The second-order valence-electron chi connectivity index (χ2n) is 13.0. The van der Waals surface area contributed by atoms with Gasteiger partial charge in [-0.1, -0.05) is 48.5 Å². The van der Waals surface area contributed by atoms with Gasteiger partial charge in [-0.05, 0) is 44.9 Å². The molecule has 0 N–H and O–H groups in total. The average Bonchev–Trinajstić information content (AvgIpc) is 2.94. The summed E-state index contributed by atoms with van der Waals surface area (Å²) in [5.41, 5.74) is -0.989. The molecular formula is C29H48N2O6. The molecule has 0 aromatic rings. The number of methoxy groups -OCH3 is 1. The van der Waals surface area contributed by atoms with Crippen LogP contribution in [0.2, 0.25) is 0 Å². The van der Waals surface area contributed by atoms with Crippen molar-refractivity contribution in [2.75, 3.05) is 20.2 Å². The highest BCUT2D eigenvalue weighted by Crippen LogP contribution is 2.48. The third-order valence-electron chi connectivity index (χ3n) is 9.31. The molecule has 0 spiro atoms. The summed E-state index contributed by atoms with van der Waals surface area (Å²) in [5.74, 6) is -2.38. The second kappa shape index (κ2) is 10.3. The Morgan fingerprint density at radius 1 is 1.08 bits per heavy atom. The fourth-order valence-corrected chi connectivity index (χ4v) is 7.95. The Morgan fingerprint density at radius 3 is 2.24 bits per heavy atom. The SMILES string of the molecule is CC[C@H]1OC(=O)[C@H](C)C(=O)[C@H](C)[C@@H](C(C)(C)C)[C@](C)(OC)C[C@@H](C)C2=NCCN3C(=O)O[C@@]1(C)[C@H]3[C@H]2C. The number of Topliss-reactive ketones (excluding diaryl/α,β-unsaturated/α-hetero) is 1. The number of carbonyl (C=O) groups excluding carboxylic acids is 3. The largest absolute Gasteiger partial charge is 0.458 e. The predicted octanol–water partition coefficient (Wildman–Crippen LogP) is 4.93. The van der Waals surface area contributed by atoms with Crippen LogP contribution in [0, 0.1) is 35.0 Å². The van der Waals surface area contributed by atoms with Crippen molar-refractivity contribution in [2.24, 2.45) is 40.0 Å². The van der Waals surface area contributed by atoms with Crippen LogP contribution in [-0.4, -0.2) is 72.0 Å². The molecule has 0 aromatic heterocycles. The minimum Gasteiger partial charge on any atom is -0.458 e. The van der Waals surface area contributed by atoms with Crippen LogP contribution in [0.5, 0.6) is 0 Å². The van der Waals surface area contributed by atoms with Gasteiger partial charge in [0.25, 0.3) is 0 Å². The van der Waals surface area contributed by atoms with Crippen molar-refractivity contribution < 1.29 is 28.6 Å². The number of ether oxygens (including phenoxy) is 3. The Balaban J connectivity index is 2.21. The monoisotopic (exact) mass is 520 g/mol. The molecule has 8 heteroatoms. The van der Waals surface area contributed by atoms with Crippen molar-refractivity contribution in [3.8, 4) is 0 Å². The van der Waals surface area contributed by atoms with E-state index < -0.39 is 41.2 Å². The number of ketones is 1. The number of nitrogens with zero attached hydrogens (tertiary/aromatic N) is 2. The van der Waals surface area contributed by atoms with Crippen LogP contribution in [0.1, 0.15) is 82.1 Å². The minimum absolute atomic E-state index is 0.0370. The van der Waals surface area contributed by atoms with E-state index >= 15 is 0 Å². The summed E-state index contributed by atoms with van der Waals surface area (Å²) in [7, 11) is 1.70. The topological polar surface area (TPSA) is 94.5 Å². The molecule has 0 unspecified atom stereocenters. The first-order valence-corrected chi connectivity index (χ1v) is 13.9. The van der Waals surface area contributed by atoms with E-state index in [1.54, 1.807) is 18.9 Å². The molecule has 1 amide bonds. The first-order valence-electron chi connectivity index (χ1n) is 13.9. The van der Waals surface area contributed by atoms with E-state index in [-0.39, 0.29) is 35.0 Å². The molecular weight excluding hydrogens is 472 g/mol. The normalized spacial score (nSPS) is 41.9. The van der Waals surface area contributed by atoms with Gasteiger partial charge in [-0.3, -0.25) is 19.5 Å². The number of carbonyl (C=O) groups is 3. The molecule has 37 heavy (non-hydrogen) atoms. The van der Waals surface area contributed by atoms with E-state index in [2.05, 4.69) is 41.5 Å². The molecule has 0 saturated carbocycles. The number of esters is 1. The third kappa shape index (κ3) is 5.07. The number of aliphatic imine (C=N–C) groups is 1. The molecule has 210 valence electrons. The maximum absolute atomic E-state index is 13.8. The minimum atomic E-state index is -1.07. The summed E-state index contributed by atoms with van der Waals surface area (Å²) < 4.78 is 18.3. The van der Waals surface area contributed by atoms with Crippen molar-refractivity contribution in [2.45, 2.75) is 105 Å². The van der Waals surface area contributed by atoms with Crippen molar-refractivity contribution in [3.05, 3.63) is 0 Å². The third-order valence-corrected chi connectivity index (χ3v) is 9.31. The van der Waals surface area contributed by atoms with Gasteiger partial charge in [-0.15, -0.1) is 0 Å². The smallest absolute Gasteiger partial charge is 0.410 e. The van der Waals surface area contributed by atoms with Crippen LogP contribution in [0.15, 0.2) is 4.99 Å². The van der Waals surface area contributed by atoms with Gasteiger partial charge >= 0.3 is 12.1 Å². The summed E-state index contributed by atoms with van der Waals surface area (Å²) in [6.45, 7) is 20.9. The van der Waals surface area contributed by atoms with Crippen molar-refractivity contribution in [1.82, 2.24) is 4.90 Å². The van der Waals surface area contributed by atoms with Gasteiger partial charge in [0, 0.05) is 37.1 Å². The Hall–Kier alpha value is -1.96. The number of rotatable bonds is 2. The number of hydrogen-bond acceptors (Lipinski definition) is 7. The van der Waals surface area contributed by atoms with Crippen LogP contribution in [0.4, 0.5) is 4.79 Å². The van der Waals surface area contributed by atoms with E-state index in [1.165, 1.54) is 0 Å². The zero-order valence-corrected chi connectivity index (χ0v) is 24.7. The van der Waals surface area contributed by atoms with Crippen molar-refractivity contribution in [3.63, 3.8) is 0 Å². The fourth-order valence-electron chi connectivity index (χ4n) is 7.95. The summed E-state index contributed by atoms with van der Waals surface area (Å²) in [4.78, 5) is 47.0. The number of cyclic esters (lactones) is 1. The Morgan fingerprint density at radius 2 is 1.70 bits per heavy atom. The standard InChI is InChI=1S/C29H48N2O6/c1-12-20-29(10)24-17(3)21(30-13-14-31(24)26(34)37-29)16(2)15-28(9,35-11)23(27(6,7)8)18(4)22(32)19(5)25(33)36-20/h16-20,23-24H,12-15H2,1-11H3/t16-,17+,18+,19-,20-,23+,24-,28-,29-/m1/s1. The van der Waals surface area contributed by atoms with Gasteiger partial charge in [-0.2, -0.15) is 0 Å². The van der Waals surface area contributed by atoms with Gasteiger partial charge < -0.3 is 14.2 Å². The first kappa shape index (κ1) is 29.6. The lowest BCUT2D eigenvalue weighted by Gasteiger charge is -2.49. The van der Waals surface area contributed by atoms with Crippen LogP contribution in [-0.2, 0) is 23.8 Å². The van der Waals surface area contributed by atoms with E-state index in [0.29, 0.717) is 25.9 Å². The van der Waals surface area contributed by atoms with Crippen LogP contribution in [0.3, 0.4) is 0 Å². The van der Waals surface area contributed by atoms with E-state index in [9.17, 15) is 14.4 Å². The van der Waals surface area contributed by atoms with E-state index in [0.717, 1.165) is 5.71 Å². The van der Waals surface area contributed by atoms with Crippen LogP contribution in [0.25, 0.3) is 0 Å². The predicted molar refractivity (Wildman–Crippen MR) is 142 cm³/mol. The average molecular weight is 521 g/mol. The lowest BCUT2D eigenvalue weighted by molar-refractivity contribution is -0.172. The maximum atomic E-state index is 13.8. The number of fused-ring (bicyclic) bond motifs is 1. The van der Waals surface area contributed by atoms with Gasteiger partial charge in [0.15, 0.2) is 5.60 Å². The maximum Gasteiger partial charge on any atom is 0.410 e. The van der Waals surface area contributed by atoms with Gasteiger partial charge in [-0.25, -0.2) is 4.79 Å². The van der Waals surface area contributed by atoms with Gasteiger partial charge in [0.2, 0.25) is 0 Å². The molecule has 2 bridgehead atoms. The highest BCUT2D eigenvalue weighted by Gasteiger charge is 2.60. The molecule has 8 nitrogen and oxygen atoms in total. The Labute approximate surface area is 222 Å². The van der Waals surface area contributed by atoms with E-state index in [1.807, 2.05) is 20.8 Å². The summed E-state index contributed by atoms with van der Waals surface area (Å²) in [5, 5.41) is 0. The molecule has 3 aliphatic rings. The summed E-state index contributed by atoms with van der Waals surface area (Å²) >= 11 is 0. The Kier molecular flexibility index (Phi) is 8.24. The molecule has 0 radical (unpaired) electrons. The zero-order valence-electron chi connectivity index (χ0n) is 24.7. The molecule has 3 aliphatic heterocycles. The fraction of sp³-hybridized carbons (Fsp3) is 0.862. The van der Waals surface area contributed by atoms with Crippen molar-refractivity contribution >= 4 is 23.6 Å². The highest BCUT2D eigenvalue weighted by atomic mass is 16.6. The lowest BCUT2D eigenvalue weighted by atomic mass is 9.61. The number of amides is 1. The molecule has 9 atom stereocenters. The highest BCUT2D eigenvalue weighted by molar-refractivity contribution is 6.00. The Bertz CT molecular complexity index is 941. The molecule has 2 saturated heterocycles. The van der Waals surface area contributed by atoms with Gasteiger partial charge in [0.1, 0.15) is 17.8 Å². The van der Waals surface area contributed by atoms with Crippen molar-refractivity contribution in [1.29, 1.82) is 0 Å².